The number of carbonyl (C=O) groups excluding carboxylic acids is 2. The number of hydrogen-bond acceptors (Lipinski definition) is 9. The average molecular weight is 495 g/mol. The number of methoxy groups -OCH3 is 1. The lowest BCUT2D eigenvalue weighted by molar-refractivity contribution is -0.136. The predicted octanol–water partition coefficient (Wildman–Crippen LogP) is 0.961. The Balaban J connectivity index is 2.11. The lowest BCUT2D eigenvalue weighted by atomic mass is 9.83. The van der Waals surface area contributed by atoms with E-state index in [0.29, 0.717) is 11.1 Å². The summed E-state index contributed by atoms with van der Waals surface area (Å²) in [5.74, 6) is -2.61. The van der Waals surface area contributed by atoms with Gasteiger partial charge in [0.25, 0.3) is 5.56 Å². The molecule has 0 saturated carbocycles. The summed E-state index contributed by atoms with van der Waals surface area (Å²) in [4.78, 5) is 39.5. The van der Waals surface area contributed by atoms with E-state index < -0.39 is 23.4 Å². The molecule has 2 aromatic carbocycles. The number of nitrogens with two attached hydrogens (primary N) is 1. The minimum Gasteiger partial charge on any atom is -0.508 e. The number of nitrogens with zero attached hydrogens (tertiary/aromatic N) is 1. The number of rotatable bonds is 5. The number of thiazole rings is 1. The standard InChI is InChI=1S/C25H22N2O7S/c1-3-34-25(32)20-18(14-6-10-16(29)11-7-14)19(24(31)33-2)21(26)27-22(30)17(35-23(20)27)12-13-4-8-15(28)9-5-13/h4-12,18,28-29H,3,26H2,1-2H3/t18-/m1/s1. The molecule has 35 heavy (non-hydrogen) atoms. The zero-order chi connectivity index (χ0) is 25.3. The van der Waals surface area contributed by atoms with Crippen molar-refractivity contribution in [3.05, 3.63) is 84.8 Å². The first-order valence-electron chi connectivity index (χ1n) is 10.6. The molecule has 0 saturated heterocycles. The van der Waals surface area contributed by atoms with E-state index in [4.69, 9.17) is 15.2 Å². The monoisotopic (exact) mass is 494 g/mol. The van der Waals surface area contributed by atoms with Crippen LogP contribution in [0.5, 0.6) is 11.5 Å². The van der Waals surface area contributed by atoms with Gasteiger partial charge in [0.1, 0.15) is 22.0 Å². The molecule has 1 aliphatic heterocycles. The quantitative estimate of drug-likeness (QED) is 0.446. The van der Waals surface area contributed by atoms with E-state index in [0.717, 1.165) is 15.9 Å². The van der Waals surface area contributed by atoms with Gasteiger partial charge in [0.15, 0.2) is 0 Å². The normalized spacial score (nSPS) is 15.7. The van der Waals surface area contributed by atoms with Crippen molar-refractivity contribution in [2.45, 2.75) is 12.8 Å². The summed E-state index contributed by atoms with van der Waals surface area (Å²) in [5.41, 5.74) is 6.93. The van der Waals surface area contributed by atoms with E-state index in [-0.39, 0.29) is 44.3 Å². The Hall–Kier alpha value is -4.31. The Morgan fingerprint density at radius 1 is 1.03 bits per heavy atom. The van der Waals surface area contributed by atoms with Crippen LogP contribution in [0.4, 0.5) is 0 Å². The number of benzene rings is 2. The zero-order valence-electron chi connectivity index (χ0n) is 18.8. The van der Waals surface area contributed by atoms with Gasteiger partial charge in [-0.3, -0.25) is 9.36 Å². The van der Waals surface area contributed by atoms with Crippen molar-refractivity contribution in [2.24, 2.45) is 5.73 Å². The molecular formula is C25H22N2O7S. The molecule has 0 amide bonds. The summed E-state index contributed by atoms with van der Waals surface area (Å²) in [5, 5.41) is 19.3. The number of phenols is 2. The fraction of sp³-hybridized carbons (Fsp3) is 0.160. The van der Waals surface area contributed by atoms with Gasteiger partial charge < -0.3 is 25.4 Å². The Morgan fingerprint density at radius 2 is 1.63 bits per heavy atom. The fourth-order valence-electron chi connectivity index (χ4n) is 3.89. The third-order valence-corrected chi connectivity index (χ3v) is 6.57. The molecule has 3 aromatic rings. The van der Waals surface area contributed by atoms with Crippen LogP contribution in [-0.4, -0.2) is 40.4 Å². The maximum atomic E-state index is 13.4. The largest absolute Gasteiger partial charge is 0.508 e. The number of aromatic hydroxyl groups is 2. The molecule has 2 heterocycles. The molecule has 0 radical (unpaired) electrons. The lowest BCUT2D eigenvalue weighted by Gasteiger charge is -2.26. The Morgan fingerprint density at radius 3 is 2.20 bits per heavy atom. The van der Waals surface area contributed by atoms with Crippen LogP contribution in [0.2, 0.25) is 0 Å². The fourth-order valence-corrected chi connectivity index (χ4v) is 5.05. The van der Waals surface area contributed by atoms with Crippen LogP contribution in [0.15, 0.2) is 58.9 Å². The number of fused-ring (bicyclic) bond motifs is 1. The molecule has 9 nitrogen and oxygen atoms in total. The molecule has 4 rings (SSSR count). The van der Waals surface area contributed by atoms with Gasteiger partial charge in [-0.05, 0) is 48.4 Å². The minimum atomic E-state index is -0.998. The Labute approximate surface area is 203 Å². The summed E-state index contributed by atoms with van der Waals surface area (Å²) < 4.78 is 11.9. The highest BCUT2D eigenvalue weighted by Gasteiger charge is 2.39. The number of phenolic OH excluding ortho intramolecular Hbond substituents is 2. The topological polar surface area (TPSA) is 141 Å². The van der Waals surface area contributed by atoms with E-state index in [2.05, 4.69) is 0 Å². The number of carbonyl (C=O) groups is 2. The predicted molar refractivity (Wildman–Crippen MR) is 130 cm³/mol. The van der Waals surface area contributed by atoms with Crippen LogP contribution < -0.4 is 20.5 Å². The molecule has 0 fully saturated rings. The zero-order valence-corrected chi connectivity index (χ0v) is 19.7. The molecule has 1 aromatic heterocycles. The Kier molecular flexibility index (Phi) is 6.48. The highest BCUT2D eigenvalue weighted by Crippen LogP contribution is 2.38. The summed E-state index contributed by atoms with van der Waals surface area (Å²) in [6.45, 7) is 1.72. The second-order valence-corrected chi connectivity index (χ2v) is 8.63. The van der Waals surface area contributed by atoms with Crippen molar-refractivity contribution in [3.8, 4) is 11.5 Å². The van der Waals surface area contributed by atoms with E-state index in [1.165, 1.54) is 31.4 Å². The minimum absolute atomic E-state index is 0.00219. The first-order valence-corrected chi connectivity index (χ1v) is 11.4. The number of esters is 2. The maximum absolute atomic E-state index is 13.4. The van der Waals surface area contributed by atoms with Gasteiger partial charge in [-0.15, -0.1) is 11.3 Å². The summed E-state index contributed by atoms with van der Waals surface area (Å²) >= 11 is 1.03. The van der Waals surface area contributed by atoms with Crippen LogP contribution in [-0.2, 0) is 19.1 Å². The first kappa shape index (κ1) is 23.8. The SMILES string of the molecule is CCOC(=O)C1=c2sc(=Cc3ccc(O)cc3)c(=O)n2C(N)=C(C(=O)OC)[C@H]1c1ccc(O)cc1. The van der Waals surface area contributed by atoms with Crippen molar-refractivity contribution in [1.82, 2.24) is 4.57 Å². The number of ether oxygens (including phenoxy) is 2. The molecule has 10 heteroatoms. The van der Waals surface area contributed by atoms with Gasteiger partial charge in [-0.25, -0.2) is 9.59 Å². The third-order valence-electron chi connectivity index (χ3n) is 5.47. The average Bonchev–Trinajstić information content (AvgIpc) is 3.16. The molecular weight excluding hydrogens is 472 g/mol. The summed E-state index contributed by atoms with van der Waals surface area (Å²) in [7, 11) is 1.18. The highest BCUT2D eigenvalue weighted by molar-refractivity contribution is 7.07. The van der Waals surface area contributed by atoms with Crippen LogP contribution in [0.3, 0.4) is 0 Å². The number of hydrogen-bond donors (Lipinski definition) is 3. The van der Waals surface area contributed by atoms with Crippen molar-refractivity contribution >= 4 is 40.7 Å². The summed E-state index contributed by atoms with van der Waals surface area (Å²) in [6.07, 6.45) is 1.60. The van der Waals surface area contributed by atoms with Crippen molar-refractivity contribution in [3.63, 3.8) is 0 Å². The second-order valence-electron chi connectivity index (χ2n) is 7.60. The molecule has 0 aliphatic carbocycles. The number of aromatic nitrogens is 1. The summed E-state index contributed by atoms with van der Waals surface area (Å²) in [6, 6.07) is 12.2. The molecule has 0 spiro atoms. The van der Waals surface area contributed by atoms with Gasteiger partial charge in [0.05, 0.1) is 35.3 Å². The van der Waals surface area contributed by atoms with E-state index >= 15 is 0 Å². The molecule has 0 unspecified atom stereocenters. The second kappa shape index (κ2) is 9.51. The van der Waals surface area contributed by atoms with Gasteiger partial charge in [-0.2, -0.15) is 0 Å². The van der Waals surface area contributed by atoms with Crippen LogP contribution >= 0.6 is 11.3 Å². The first-order chi connectivity index (χ1) is 16.8. The van der Waals surface area contributed by atoms with Gasteiger partial charge in [0, 0.05) is 0 Å². The lowest BCUT2D eigenvalue weighted by Crippen LogP contribution is -2.41. The van der Waals surface area contributed by atoms with Gasteiger partial charge in [-0.1, -0.05) is 24.3 Å². The molecule has 1 aliphatic rings. The van der Waals surface area contributed by atoms with Gasteiger partial charge >= 0.3 is 11.9 Å². The Bertz CT molecular complexity index is 1510. The van der Waals surface area contributed by atoms with E-state index in [1.54, 1.807) is 37.3 Å². The van der Waals surface area contributed by atoms with Crippen molar-refractivity contribution < 1.29 is 29.3 Å². The van der Waals surface area contributed by atoms with Crippen LogP contribution in [0.1, 0.15) is 24.0 Å². The van der Waals surface area contributed by atoms with Crippen LogP contribution in [0.25, 0.3) is 17.5 Å². The molecule has 1 atom stereocenters. The third kappa shape index (κ3) is 4.31. The smallest absolute Gasteiger partial charge is 0.338 e. The van der Waals surface area contributed by atoms with E-state index in [9.17, 15) is 24.6 Å². The van der Waals surface area contributed by atoms with Gasteiger partial charge in [0.2, 0.25) is 0 Å². The van der Waals surface area contributed by atoms with Crippen LogP contribution in [0, 0.1) is 0 Å². The van der Waals surface area contributed by atoms with Crippen molar-refractivity contribution in [1.29, 1.82) is 0 Å². The van der Waals surface area contributed by atoms with Crippen molar-refractivity contribution in [2.75, 3.05) is 13.7 Å². The molecule has 0 bridgehead atoms. The maximum Gasteiger partial charge on any atom is 0.338 e. The molecule has 4 N–H and O–H groups in total. The van der Waals surface area contributed by atoms with E-state index in [1.807, 2.05) is 0 Å². The molecule has 180 valence electrons. The highest BCUT2D eigenvalue weighted by atomic mass is 32.1.